The van der Waals surface area contributed by atoms with Gasteiger partial charge >= 0.3 is 0 Å². The Labute approximate surface area is 44.4 Å². The molecule has 0 saturated carbocycles. The van der Waals surface area contributed by atoms with Crippen LogP contribution in [0.3, 0.4) is 0 Å². The van der Waals surface area contributed by atoms with Crippen LogP contribution in [0.1, 0.15) is 0 Å². The summed E-state index contributed by atoms with van der Waals surface area (Å²) in [4.78, 5) is 9.68. The van der Waals surface area contributed by atoms with Crippen LogP contribution in [0.25, 0.3) is 0 Å². The van der Waals surface area contributed by atoms with Crippen LogP contribution in [0.4, 0.5) is 0 Å². The van der Waals surface area contributed by atoms with Crippen LogP contribution < -0.4 is 0 Å². The van der Waals surface area contributed by atoms with Gasteiger partial charge in [-0.25, -0.2) is 0 Å². The lowest BCUT2D eigenvalue weighted by atomic mass is 10.6. The lowest BCUT2D eigenvalue weighted by Crippen LogP contribution is -1.48. The van der Waals surface area contributed by atoms with Gasteiger partial charge in [-0.2, -0.15) is 0 Å². The maximum atomic E-state index is 9.68. The molecule has 1 rings (SSSR count). The summed E-state index contributed by atoms with van der Waals surface area (Å²) < 4.78 is 2.83. The Bertz CT molecular complexity index is 118. The number of rotatable bonds is 1. The molecule has 0 spiro atoms. The van der Waals surface area contributed by atoms with Crippen molar-refractivity contribution < 1.29 is 0 Å². The number of nitrogens with zero attached hydrogens (tertiary/aromatic N) is 1. The SMILES string of the molecule is O=N[SH]1C=CC=C1. The van der Waals surface area contributed by atoms with Crippen LogP contribution in [0.15, 0.2) is 27.6 Å². The molecule has 1 aliphatic heterocycles. The lowest BCUT2D eigenvalue weighted by molar-refractivity contribution is 1.87. The summed E-state index contributed by atoms with van der Waals surface area (Å²) >= 11 is -0.735. The largest absolute Gasteiger partial charge is 0.139 e. The van der Waals surface area contributed by atoms with Gasteiger partial charge in [0.15, 0.2) is 0 Å². The molecule has 3 heteroatoms. The topological polar surface area (TPSA) is 29.4 Å². The van der Waals surface area contributed by atoms with Crippen molar-refractivity contribution in [3.8, 4) is 0 Å². The second-order valence-corrected chi connectivity index (χ2v) is 2.66. The Kier molecular flexibility index (Phi) is 1.26. The van der Waals surface area contributed by atoms with E-state index in [-0.39, 0.29) is 0 Å². The number of allylic oxidation sites excluding steroid dienone is 2. The molecule has 2 nitrogen and oxygen atoms in total. The molecule has 0 fully saturated rings. The van der Waals surface area contributed by atoms with E-state index in [2.05, 4.69) is 4.58 Å². The minimum absolute atomic E-state index is 0.735. The maximum Gasteiger partial charge on any atom is -0.0123 e. The zero-order valence-electron chi connectivity index (χ0n) is 3.61. The van der Waals surface area contributed by atoms with E-state index in [1.54, 1.807) is 0 Å². The van der Waals surface area contributed by atoms with Crippen molar-refractivity contribution in [3.63, 3.8) is 0 Å². The van der Waals surface area contributed by atoms with Crippen molar-refractivity contribution in [1.29, 1.82) is 0 Å². The molecule has 0 atom stereocenters. The highest BCUT2D eigenvalue weighted by Crippen LogP contribution is 2.32. The molecule has 0 amide bonds. The monoisotopic (exact) mass is 115 g/mol. The zero-order valence-corrected chi connectivity index (χ0v) is 4.51. The molecule has 0 N–H and O–H groups in total. The highest BCUT2D eigenvalue weighted by Gasteiger charge is 1.92. The Hall–Kier alpha value is -0.570. The molecule has 38 valence electrons. The average molecular weight is 115 g/mol. The minimum Gasteiger partial charge on any atom is -0.139 e. The van der Waals surface area contributed by atoms with Crippen LogP contribution in [-0.2, 0) is 0 Å². The normalized spacial score (nSPS) is 20.9. The van der Waals surface area contributed by atoms with Gasteiger partial charge in [0.2, 0.25) is 0 Å². The van der Waals surface area contributed by atoms with E-state index in [1.807, 2.05) is 23.0 Å². The fourth-order valence-corrected chi connectivity index (χ4v) is 1.14. The Balaban J connectivity index is 2.59. The predicted molar refractivity (Wildman–Crippen MR) is 33.1 cm³/mol. The summed E-state index contributed by atoms with van der Waals surface area (Å²) in [6, 6.07) is 0. The first-order valence-corrected chi connectivity index (χ1v) is 3.33. The fraction of sp³-hybridized carbons (Fsp3) is 0. The molecule has 1 heterocycles. The second kappa shape index (κ2) is 1.93. The van der Waals surface area contributed by atoms with Crippen molar-refractivity contribution in [3.05, 3.63) is 27.9 Å². The Morgan fingerprint density at radius 1 is 1.29 bits per heavy atom. The van der Waals surface area contributed by atoms with E-state index < -0.39 is 11.1 Å². The molecule has 1 aliphatic rings. The predicted octanol–water partition coefficient (Wildman–Crippen LogP) is 1.71. The van der Waals surface area contributed by atoms with E-state index in [0.29, 0.717) is 0 Å². The van der Waals surface area contributed by atoms with E-state index in [9.17, 15) is 4.91 Å². The molecule has 0 aromatic carbocycles. The highest BCUT2D eigenvalue weighted by atomic mass is 32.2. The van der Waals surface area contributed by atoms with Crippen molar-refractivity contribution >= 4 is 11.1 Å². The Morgan fingerprint density at radius 2 is 1.86 bits per heavy atom. The quantitative estimate of drug-likeness (QED) is 0.409. The molecular weight excluding hydrogens is 110 g/mol. The van der Waals surface area contributed by atoms with Gasteiger partial charge in [0, 0.05) is 0 Å². The summed E-state index contributed by atoms with van der Waals surface area (Å²) in [5.74, 6) is 0. The molecule has 0 aliphatic carbocycles. The van der Waals surface area contributed by atoms with Crippen LogP contribution in [-0.4, -0.2) is 0 Å². The fourth-order valence-electron chi connectivity index (χ4n) is 0.380. The average Bonchev–Trinajstić information content (AvgIpc) is 2.14. The third-order valence-electron chi connectivity index (χ3n) is 0.683. The molecule has 0 bridgehead atoms. The first-order valence-electron chi connectivity index (χ1n) is 1.90. The minimum atomic E-state index is -0.735. The van der Waals surface area contributed by atoms with E-state index in [0.717, 1.165) is 0 Å². The Morgan fingerprint density at radius 3 is 2.14 bits per heavy atom. The molecule has 0 aromatic rings. The van der Waals surface area contributed by atoms with E-state index >= 15 is 0 Å². The third-order valence-corrected chi connectivity index (χ3v) is 1.83. The van der Waals surface area contributed by atoms with Crippen LogP contribution in [0.2, 0.25) is 0 Å². The number of nitroso groups, excluding NO2 is 1. The van der Waals surface area contributed by atoms with Crippen LogP contribution >= 0.6 is 11.1 Å². The first-order chi connectivity index (χ1) is 3.43. The molecule has 0 radical (unpaired) electrons. The zero-order chi connectivity index (χ0) is 5.11. The van der Waals surface area contributed by atoms with Crippen molar-refractivity contribution in [2.24, 2.45) is 4.58 Å². The second-order valence-electron chi connectivity index (χ2n) is 1.14. The molecule has 7 heavy (non-hydrogen) atoms. The van der Waals surface area contributed by atoms with Crippen LogP contribution in [0, 0.1) is 4.91 Å². The highest BCUT2D eigenvalue weighted by molar-refractivity contribution is 8.21. The van der Waals surface area contributed by atoms with Crippen molar-refractivity contribution in [2.45, 2.75) is 0 Å². The molecule has 0 aromatic heterocycles. The smallest absolute Gasteiger partial charge is 0.0123 e. The van der Waals surface area contributed by atoms with E-state index in [4.69, 9.17) is 0 Å². The molecule has 0 unspecified atom stereocenters. The molecule has 0 saturated heterocycles. The lowest BCUT2D eigenvalue weighted by Gasteiger charge is -1.89. The number of thiol groups is 1. The van der Waals surface area contributed by atoms with Crippen molar-refractivity contribution in [2.75, 3.05) is 0 Å². The maximum absolute atomic E-state index is 9.68. The summed E-state index contributed by atoms with van der Waals surface area (Å²) in [5, 5.41) is 3.62. The van der Waals surface area contributed by atoms with Gasteiger partial charge in [-0.15, -0.1) is 4.91 Å². The first kappa shape index (κ1) is 4.59. The van der Waals surface area contributed by atoms with Crippen LogP contribution in [0.5, 0.6) is 0 Å². The van der Waals surface area contributed by atoms with E-state index in [1.165, 1.54) is 0 Å². The van der Waals surface area contributed by atoms with Gasteiger partial charge < -0.3 is 0 Å². The third kappa shape index (κ3) is 0.899. The van der Waals surface area contributed by atoms with Gasteiger partial charge in [-0.05, 0) is 15.4 Å². The van der Waals surface area contributed by atoms with Gasteiger partial charge in [-0.1, -0.05) is 23.2 Å². The summed E-state index contributed by atoms with van der Waals surface area (Å²) in [6.07, 6.45) is 3.68. The van der Waals surface area contributed by atoms with Gasteiger partial charge in [0.25, 0.3) is 0 Å². The number of hydrogen-bond donors (Lipinski definition) is 1. The van der Waals surface area contributed by atoms with Gasteiger partial charge in [0.1, 0.15) is 0 Å². The summed E-state index contributed by atoms with van der Waals surface area (Å²) in [7, 11) is 0. The summed E-state index contributed by atoms with van der Waals surface area (Å²) in [5.41, 5.74) is 0. The number of hydrogen-bond acceptors (Lipinski definition) is 2. The van der Waals surface area contributed by atoms with Crippen molar-refractivity contribution in [1.82, 2.24) is 0 Å². The molecular formula is C4H5NOS. The standard InChI is InChI=1S/C4H5NOS/c6-5-7-3-1-2-4-7/h1-4,7H. The summed E-state index contributed by atoms with van der Waals surface area (Å²) in [6.45, 7) is 0. The van der Waals surface area contributed by atoms with Gasteiger partial charge in [-0.3, -0.25) is 0 Å². The van der Waals surface area contributed by atoms with Gasteiger partial charge in [0.05, 0.1) is 0 Å².